The second-order valence-corrected chi connectivity index (χ2v) is 3.79. The van der Waals surface area contributed by atoms with Crippen LogP contribution in [0.4, 0.5) is 0 Å². The summed E-state index contributed by atoms with van der Waals surface area (Å²) in [6.07, 6.45) is 0. The molecule has 0 aromatic heterocycles. The van der Waals surface area contributed by atoms with Gasteiger partial charge in [-0.2, -0.15) is 4.91 Å². The molecule has 0 N–H and O–H groups in total. The maximum atomic E-state index is 11.3. The monoisotopic (exact) mass is 183 g/mol. The van der Waals surface area contributed by atoms with Crippen molar-refractivity contribution < 1.29 is 4.21 Å². The van der Waals surface area contributed by atoms with Gasteiger partial charge in [0.15, 0.2) is 0 Å². The van der Waals surface area contributed by atoms with Crippen LogP contribution in [0.5, 0.6) is 0 Å². The van der Waals surface area contributed by atoms with Crippen molar-refractivity contribution in [2.24, 2.45) is 5.18 Å². The lowest BCUT2D eigenvalue weighted by molar-refractivity contribution is 0.682. The van der Waals surface area contributed by atoms with Gasteiger partial charge in [-0.1, -0.05) is 23.4 Å². The molecular weight excluding hydrogens is 174 g/mol. The Labute approximate surface area is 73.2 Å². The predicted molar refractivity (Wildman–Crippen MR) is 48.4 cm³/mol. The summed E-state index contributed by atoms with van der Waals surface area (Å²) >= 11 is 0. The maximum Gasteiger partial charge on any atom is 0.0929 e. The quantitative estimate of drug-likeness (QED) is 0.665. The SMILES string of the molecule is O=NCCS(=O)c1ccccc1. The van der Waals surface area contributed by atoms with Gasteiger partial charge in [-0.25, -0.2) is 0 Å². The highest BCUT2D eigenvalue weighted by Gasteiger charge is 2.01. The third-order valence-electron chi connectivity index (χ3n) is 1.37. The smallest absolute Gasteiger partial charge is 0.0929 e. The van der Waals surface area contributed by atoms with Gasteiger partial charge < -0.3 is 0 Å². The van der Waals surface area contributed by atoms with Gasteiger partial charge in [0, 0.05) is 4.90 Å². The summed E-state index contributed by atoms with van der Waals surface area (Å²) < 4.78 is 11.3. The lowest BCUT2D eigenvalue weighted by Gasteiger charge is -1.96. The molecule has 0 aliphatic heterocycles. The van der Waals surface area contributed by atoms with Crippen LogP contribution in [-0.2, 0) is 10.8 Å². The number of nitrogens with zero attached hydrogens (tertiary/aromatic N) is 1. The van der Waals surface area contributed by atoms with Gasteiger partial charge in [-0.3, -0.25) is 4.21 Å². The van der Waals surface area contributed by atoms with Crippen LogP contribution in [-0.4, -0.2) is 16.5 Å². The van der Waals surface area contributed by atoms with E-state index in [1.165, 1.54) is 0 Å². The molecule has 1 unspecified atom stereocenters. The Bertz CT molecular complexity index is 274. The molecule has 0 amide bonds. The molecule has 0 bridgehead atoms. The average molecular weight is 183 g/mol. The number of nitroso groups, excluding NO2 is 1. The van der Waals surface area contributed by atoms with Crippen molar-refractivity contribution >= 4 is 10.8 Å². The molecule has 3 nitrogen and oxygen atoms in total. The number of rotatable bonds is 4. The molecule has 64 valence electrons. The minimum atomic E-state index is -1.08. The third-order valence-corrected chi connectivity index (χ3v) is 2.73. The van der Waals surface area contributed by atoms with E-state index in [0.29, 0.717) is 5.75 Å². The largest absolute Gasteiger partial charge is 0.254 e. The zero-order chi connectivity index (χ0) is 8.81. The van der Waals surface area contributed by atoms with Crippen LogP contribution >= 0.6 is 0 Å². The van der Waals surface area contributed by atoms with E-state index in [-0.39, 0.29) is 6.54 Å². The molecule has 0 saturated heterocycles. The first-order chi connectivity index (χ1) is 5.84. The highest BCUT2D eigenvalue weighted by Crippen LogP contribution is 2.04. The molecule has 1 aromatic carbocycles. The topological polar surface area (TPSA) is 46.5 Å². The molecule has 1 aromatic rings. The molecule has 0 fully saturated rings. The summed E-state index contributed by atoms with van der Waals surface area (Å²) in [4.78, 5) is 10.5. The van der Waals surface area contributed by atoms with Crippen LogP contribution in [0.3, 0.4) is 0 Å². The van der Waals surface area contributed by atoms with Crippen LogP contribution in [0.2, 0.25) is 0 Å². The van der Waals surface area contributed by atoms with Crippen molar-refractivity contribution in [3.05, 3.63) is 35.2 Å². The Hall–Kier alpha value is -1.03. The van der Waals surface area contributed by atoms with Gasteiger partial charge in [-0.05, 0) is 12.1 Å². The van der Waals surface area contributed by atoms with Gasteiger partial charge in [0.2, 0.25) is 0 Å². The van der Waals surface area contributed by atoms with E-state index in [4.69, 9.17) is 0 Å². The summed E-state index contributed by atoms with van der Waals surface area (Å²) in [5.74, 6) is 0.313. The normalized spacial score (nSPS) is 12.3. The molecule has 0 saturated carbocycles. The number of hydrogen-bond acceptors (Lipinski definition) is 3. The first-order valence-electron chi connectivity index (χ1n) is 3.57. The summed E-state index contributed by atoms with van der Waals surface area (Å²) in [5.41, 5.74) is 0. The Morgan fingerprint density at radius 1 is 1.25 bits per heavy atom. The first-order valence-corrected chi connectivity index (χ1v) is 4.89. The fourth-order valence-corrected chi connectivity index (χ4v) is 1.75. The Morgan fingerprint density at radius 2 is 1.92 bits per heavy atom. The van der Waals surface area contributed by atoms with E-state index in [1.807, 2.05) is 18.2 Å². The summed E-state index contributed by atoms with van der Waals surface area (Å²) in [6, 6.07) is 9.06. The fourth-order valence-electron chi connectivity index (χ4n) is 0.810. The first kappa shape index (κ1) is 9.06. The van der Waals surface area contributed by atoms with E-state index in [1.54, 1.807) is 12.1 Å². The van der Waals surface area contributed by atoms with E-state index >= 15 is 0 Å². The highest BCUT2D eigenvalue weighted by molar-refractivity contribution is 7.85. The maximum absolute atomic E-state index is 11.3. The number of hydrogen-bond donors (Lipinski definition) is 0. The highest BCUT2D eigenvalue weighted by atomic mass is 32.2. The van der Waals surface area contributed by atoms with Crippen molar-refractivity contribution in [3.8, 4) is 0 Å². The van der Waals surface area contributed by atoms with Crippen LogP contribution in [0.25, 0.3) is 0 Å². The lowest BCUT2D eigenvalue weighted by Crippen LogP contribution is -2.00. The minimum absolute atomic E-state index is 0.113. The van der Waals surface area contributed by atoms with Gasteiger partial charge in [-0.15, -0.1) is 0 Å². The second-order valence-electron chi connectivity index (χ2n) is 2.22. The zero-order valence-electron chi connectivity index (χ0n) is 6.47. The predicted octanol–water partition coefficient (Wildman–Crippen LogP) is 1.56. The van der Waals surface area contributed by atoms with Crippen molar-refractivity contribution in [2.45, 2.75) is 4.90 Å². The third kappa shape index (κ3) is 2.54. The Morgan fingerprint density at radius 3 is 2.50 bits per heavy atom. The lowest BCUT2D eigenvalue weighted by atomic mass is 10.4. The molecule has 1 atom stereocenters. The molecule has 0 aliphatic carbocycles. The van der Waals surface area contributed by atoms with Crippen LogP contribution in [0, 0.1) is 4.91 Å². The second kappa shape index (κ2) is 4.77. The van der Waals surface area contributed by atoms with E-state index in [9.17, 15) is 9.12 Å². The molecule has 4 heteroatoms. The standard InChI is InChI=1S/C8H9NO2S/c10-9-6-7-12(11)8-4-2-1-3-5-8/h1-5H,6-7H2. The molecule has 12 heavy (non-hydrogen) atoms. The van der Waals surface area contributed by atoms with Crippen molar-refractivity contribution in [3.63, 3.8) is 0 Å². The van der Waals surface area contributed by atoms with Crippen molar-refractivity contribution in [1.29, 1.82) is 0 Å². The fraction of sp³-hybridized carbons (Fsp3) is 0.250. The van der Waals surface area contributed by atoms with Gasteiger partial charge in [0.05, 0.1) is 23.1 Å². The van der Waals surface area contributed by atoms with Gasteiger partial charge in [0.1, 0.15) is 0 Å². The summed E-state index contributed by atoms with van der Waals surface area (Å²) in [7, 11) is -1.08. The van der Waals surface area contributed by atoms with Crippen LogP contribution < -0.4 is 0 Å². The zero-order valence-corrected chi connectivity index (χ0v) is 7.29. The number of benzene rings is 1. The molecule has 0 radical (unpaired) electrons. The van der Waals surface area contributed by atoms with E-state index < -0.39 is 10.8 Å². The molecular formula is C8H9NO2S. The summed E-state index contributed by atoms with van der Waals surface area (Å²) in [5, 5.41) is 2.66. The van der Waals surface area contributed by atoms with Crippen molar-refractivity contribution in [1.82, 2.24) is 0 Å². The molecule has 0 aliphatic rings. The van der Waals surface area contributed by atoms with Crippen LogP contribution in [0.15, 0.2) is 40.4 Å². The summed E-state index contributed by atoms with van der Waals surface area (Å²) in [6.45, 7) is 0.113. The molecule has 0 heterocycles. The van der Waals surface area contributed by atoms with Crippen LogP contribution in [0.1, 0.15) is 0 Å². The Balaban J connectivity index is 2.59. The minimum Gasteiger partial charge on any atom is -0.254 e. The van der Waals surface area contributed by atoms with E-state index in [2.05, 4.69) is 5.18 Å². The Kier molecular flexibility index (Phi) is 3.60. The average Bonchev–Trinajstić information content (AvgIpc) is 2.15. The van der Waals surface area contributed by atoms with Gasteiger partial charge >= 0.3 is 0 Å². The van der Waals surface area contributed by atoms with Crippen molar-refractivity contribution in [2.75, 3.05) is 12.3 Å². The molecule has 1 rings (SSSR count). The van der Waals surface area contributed by atoms with E-state index in [0.717, 1.165) is 4.90 Å². The van der Waals surface area contributed by atoms with Gasteiger partial charge in [0.25, 0.3) is 0 Å². The molecule has 0 spiro atoms.